The Labute approximate surface area is 227 Å². The monoisotopic (exact) mass is 554 g/mol. The molecule has 202 valence electrons. The molecule has 0 unspecified atom stereocenters. The van der Waals surface area contributed by atoms with E-state index in [1.54, 1.807) is 44.4 Å². The van der Waals surface area contributed by atoms with Crippen LogP contribution in [-0.4, -0.2) is 29.5 Å². The number of anilines is 1. The molecule has 1 aromatic heterocycles. The maximum Gasteiger partial charge on any atom is 0.573 e. The summed E-state index contributed by atoms with van der Waals surface area (Å²) in [6, 6.07) is 18.7. The lowest BCUT2D eigenvalue weighted by Gasteiger charge is -2.26. The average molecular weight is 555 g/mol. The standard InChI is InChI=1S/C29H25F3N2O4S/c1-17-15-21(13-14-22(17)28(35)36)39-34(16-18-7-11-20(12-8-18)38-29(30,31)32)27-26(37-2)24-6-4-3-5-23(24)25(33-27)19-9-10-19/h3-8,11-15,19H,9-10,16H2,1-2H3,(H,35,36). The van der Waals surface area contributed by atoms with Crippen molar-refractivity contribution in [3.63, 3.8) is 0 Å². The summed E-state index contributed by atoms with van der Waals surface area (Å²) in [5.41, 5.74) is 2.53. The number of halogens is 3. The molecule has 0 radical (unpaired) electrons. The first-order valence-corrected chi connectivity index (χ1v) is 13.0. The largest absolute Gasteiger partial charge is 0.573 e. The summed E-state index contributed by atoms with van der Waals surface area (Å²) in [5, 5.41) is 11.4. The SMILES string of the molecule is COc1c(N(Cc2ccc(OC(F)(F)F)cc2)Sc2ccc(C(=O)O)c(C)c2)nc(C2CC2)c2ccccc12. The van der Waals surface area contributed by atoms with Crippen LogP contribution in [0.5, 0.6) is 11.5 Å². The molecular formula is C29H25F3N2O4S. The van der Waals surface area contributed by atoms with Gasteiger partial charge in [-0.3, -0.25) is 4.31 Å². The molecule has 0 amide bonds. The van der Waals surface area contributed by atoms with Crippen molar-refractivity contribution in [2.24, 2.45) is 0 Å². The number of carbonyl (C=O) groups is 1. The molecule has 1 aliphatic carbocycles. The highest BCUT2D eigenvalue weighted by molar-refractivity contribution is 8.00. The molecule has 0 saturated heterocycles. The molecule has 1 fully saturated rings. The molecule has 4 aromatic rings. The lowest BCUT2D eigenvalue weighted by Crippen LogP contribution is -2.18. The van der Waals surface area contributed by atoms with Crippen LogP contribution < -0.4 is 13.8 Å². The number of pyridine rings is 1. The van der Waals surface area contributed by atoms with Crippen LogP contribution in [0.15, 0.2) is 71.6 Å². The van der Waals surface area contributed by atoms with Gasteiger partial charge in [-0.15, -0.1) is 13.2 Å². The zero-order chi connectivity index (χ0) is 27.7. The number of benzene rings is 3. The number of ether oxygens (including phenoxy) is 2. The van der Waals surface area contributed by atoms with Gasteiger partial charge >= 0.3 is 12.3 Å². The molecule has 1 saturated carbocycles. The third-order valence-corrected chi connectivity index (χ3v) is 7.40. The van der Waals surface area contributed by atoms with E-state index in [0.717, 1.165) is 39.8 Å². The minimum Gasteiger partial charge on any atom is -0.492 e. The molecular weight excluding hydrogens is 529 g/mol. The van der Waals surface area contributed by atoms with E-state index in [2.05, 4.69) is 4.74 Å². The minimum atomic E-state index is -4.77. The Morgan fingerprint density at radius 2 is 1.77 bits per heavy atom. The van der Waals surface area contributed by atoms with Gasteiger partial charge in [-0.25, -0.2) is 9.78 Å². The smallest absolute Gasteiger partial charge is 0.492 e. The number of rotatable bonds is 9. The summed E-state index contributed by atoms with van der Waals surface area (Å²) in [6.45, 7) is 2.01. The molecule has 10 heteroatoms. The molecule has 1 N–H and O–H groups in total. The van der Waals surface area contributed by atoms with Crippen molar-refractivity contribution in [1.82, 2.24) is 4.98 Å². The molecule has 1 heterocycles. The zero-order valence-electron chi connectivity index (χ0n) is 21.2. The second kappa shape index (κ2) is 10.7. The number of hydrogen-bond acceptors (Lipinski definition) is 6. The van der Waals surface area contributed by atoms with Gasteiger partial charge in [-0.1, -0.05) is 36.4 Å². The molecule has 0 spiro atoms. The maximum atomic E-state index is 12.7. The summed E-state index contributed by atoms with van der Waals surface area (Å²) in [7, 11) is 1.58. The van der Waals surface area contributed by atoms with Gasteiger partial charge in [0.2, 0.25) is 0 Å². The van der Waals surface area contributed by atoms with E-state index in [1.165, 1.54) is 24.1 Å². The number of carboxylic acid groups (broad SMARTS) is 1. The van der Waals surface area contributed by atoms with Crippen LogP contribution in [0.4, 0.5) is 19.0 Å². The number of methoxy groups -OCH3 is 1. The lowest BCUT2D eigenvalue weighted by molar-refractivity contribution is -0.274. The molecule has 6 nitrogen and oxygen atoms in total. The summed E-state index contributed by atoms with van der Waals surface area (Å²) < 4.78 is 49.8. The summed E-state index contributed by atoms with van der Waals surface area (Å²) in [6.07, 6.45) is -2.68. The number of fused-ring (bicyclic) bond motifs is 1. The van der Waals surface area contributed by atoms with Gasteiger partial charge in [0.1, 0.15) is 5.75 Å². The van der Waals surface area contributed by atoms with Crippen LogP contribution in [0.2, 0.25) is 0 Å². The first kappa shape index (κ1) is 26.7. The van der Waals surface area contributed by atoms with Crippen molar-refractivity contribution in [1.29, 1.82) is 0 Å². The summed E-state index contributed by atoms with van der Waals surface area (Å²) in [5.74, 6) is 0.205. The molecule has 1 aliphatic rings. The van der Waals surface area contributed by atoms with E-state index in [9.17, 15) is 23.1 Å². The third-order valence-electron chi connectivity index (χ3n) is 6.41. The van der Waals surface area contributed by atoms with Crippen LogP contribution in [0, 0.1) is 6.92 Å². The van der Waals surface area contributed by atoms with Crippen molar-refractivity contribution >= 4 is 34.5 Å². The number of hydrogen-bond donors (Lipinski definition) is 1. The highest BCUT2D eigenvalue weighted by atomic mass is 32.2. The number of alkyl halides is 3. The van der Waals surface area contributed by atoms with Gasteiger partial charge in [0.05, 0.1) is 24.9 Å². The van der Waals surface area contributed by atoms with Crippen LogP contribution in [0.25, 0.3) is 10.8 Å². The van der Waals surface area contributed by atoms with Crippen LogP contribution in [-0.2, 0) is 6.54 Å². The molecule has 3 aromatic carbocycles. The first-order valence-electron chi connectivity index (χ1n) is 12.2. The molecule has 39 heavy (non-hydrogen) atoms. The molecule has 0 bridgehead atoms. The maximum absolute atomic E-state index is 12.7. The van der Waals surface area contributed by atoms with Gasteiger partial charge in [-0.2, -0.15) is 0 Å². The predicted molar refractivity (Wildman–Crippen MR) is 144 cm³/mol. The van der Waals surface area contributed by atoms with E-state index < -0.39 is 12.3 Å². The number of carboxylic acids is 1. The Morgan fingerprint density at radius 3 is 2.36 bits per heavy atom. The average Bonchev–Trinajstić information content (AvgIpc) is 3.73. The van der Waals surface area contributed by atoms with E-state index in [4.69, 9.17) is 9.72 Å². The van der Waals surface area contributed by atoms with Crippen molar-refractivity contribution < 1.29 is 32.5 Å². The quantitative estimate of drug-likeness (QED) is 0.212. The number of aromatic carboxylic acids is 1. The fourth-order valence-corrected chi connectivity index (χ4v) is 5.50. The van der Waals surface area contributed by atoms with Crippen molar-refractivity contribution in [2.45, 2.75) is 43.5 Å². The summed E-state index contributed by atoms with van der Waals surface area (Å²) >= 11 is 1.35. The fraction of sp³-hybridized carbons (Fsp3) is 0.241. The normalized spacial score (nSPS) is 13.4. The first-order chi connectivity index (χ1) is 18.6. The number of aromatic nitrogens is 1. The second-order valence-corrected chi connectivity index (χ2v) is 10.4. The fourth-order valence-electron chi connectivity index (χ4n) is 4.46. The van der Waals surface area contributed by atoms with Gasteiger partial charge in [-0.05, 0) is 73.2 Å². The number of aryl methyl sites for hydroxylation is 1. The topological polar surface area (TPSA) is 71.9 Å². The van der Waals surface area contributed by atoms with Crippen LogP contribution >= 0.6 is 11.9 Å². The Morgan fingerprint density at radius 1 is 1.08 bits per heavy atom. The Bertz CT molecular complexity index is 1520. The Balaban J connectivity index is 1.58. The highest BCUT2D eigenvalue weighted by Gasteiger charge is 2.32. The van der Waals surface area contributed by atoms with Gasteiger partial charge in [0.25, 0.3) is 0 Å². The molecule has 5 rings (SSSR count). The van der Waals surface area contributed by atoms with Gasteiger partial charge < -0.3 is 14.6 Å². The van der Waals surface area contributed by atoms with E-state index in [1.807, 2.05) is 28.6 Å². The second-order valence-electron chi connectivity index (χ2n) is 9.28. The van der Waals surface area contributed by atoms with Gasteiger partial charge in [0.15, 0.2) is 11.6 Å². The van der Waals surface area contributed by atoms with E-state index in [-0.39, 0.29) is 17.9 Å². The van der Waals surface area contributed by atoms with E-state index >= 15 is 0 Å². The van der Waals surface area contributed by atoms with Crippen LogP contribution in [0.1, 0.15) is 45.9 Å². The van der Waals surface area contributed by atoms with E-state index in [0.29, 0.717) is 23.0 Å². The number of nitrogens with zero attached hydrogens (tertiary/aromatic N) is 2. The summed E-state index contributed by atoms with van der Waals surface area (Å²) in [4.78, 5) is 17.4. The van der Waals surface area contributed by atoms with Crippen molar-refractivity contribution in [3.8, 4) is 11.5 Å². The Hall–Kier alpha value is -3.92. The van der Waals surface area contributed by atoms with Crippen molar-refractivity contribution in [2.75, 3.05) is 11.4 Å². The highest BCUT2D eigenvalue weighted by Crippen LogP contribution is 2.47. The van der Waals surface area contributed by atoms with Crippen molar-refractivity contribution in [3.05, 3.63) is 89.1 Å². The van der Waals surface area contributed by atoms with Crippen LogP contribution in [0.3, 0.4) is 0 Å². The molecule has 0 aliphatic heterocycles. The van der Waals surface area contributed by atoms with Gasteiger partial charge in [0, 0.05) is 21.6 Å². The third kappa shape index (κ3) is 6.06. The minimum absolute atomic E-state index is 0.212. The lowest BCUT2D eigenvalue weighted by atomic mass is 10.1. The Kier molecular flexibility index (Phi) is 7.31. The zero-order valence-corrected chi connectivity index (χ0v) is 22.0. The predicted octanol–water partition coefficient (Wildman–Crippen LogP) is 7.74. The molecule has 0 atom stereocenters.